The quantitative estimate of drug-likeness (QED) is 0.619. The van der Waals surface area contributed by atoms with Crippen LogP contribution in [-0.2, 0) is 11.8 Å². The van der Waals surface area contributed by atoms with Gasteiger partial charge in [-0.05, 0) is 12.8 Å². The van der Waals surface area contributed by atoms with E-state index in [-0.39, 0.29) is 11.7 Å². The van der Waals surface area contributed by atoms with Crippen LogP contribution in [0, 0.1) is 23.0 Å². The molecule has 0 aromatic carbocycles. The van der Waals surface area contributed by atoms with Crippen LogP contribution < -0.4 is 5.32 Å². The van der Waals surface area contributed by atoms with Crippen LogP contribution in [-0.4, -0.2) is 34.5 Å². The number of ether oxygens (including phenoxy) is 1. The predicted octanol–water partition coefficient (Wildman–Crippen LogP) is 1.72. The van der Waals surface area contributed by atoms with Crippen molar-refractivity contribution in [3.05, 3.63) is 15.8 Å². The third-order valence-electron chi connectivity index (χ3n) is 2.85. The fraction of sp³-hybridized carbons (Fsp3) is 0.727. The highest BCUT2D eigenvalue weighted by molar-refractivity contribution is 5.59. The molecule has 0 radical (unpaired) electrons. The number of rotatable bonds is 6. The van der Waals surface area contributed by atoms with Gasteiger partial charge in [0.15, 0.2) is 0 Å². The maximum atomic E-state index is 11.0. The lowest BCUT2D eigenvalue weighted by Gasteiger charge is -2.22. The molecule has 0 saturated heterocycles. The molecular formula is C11H20N4O3. The molecule has 0 saturated carbocycles. The van der Waals surface area contributed by atoms with Crippen LogP contribution in [0.2, 0.25) is 0 Å². The summed E-state index contributed by atoms with van der Waals surface area (Å²) in [5, 5.41) is 18.3. The van der Waals surface area contributed by atoms with E-state index in [0.29, 0.717) is 24.0 Å². The molecule has 102 valence electrons. The molecule has 0 spiro atoms. The number of nitro groups is 1. The molecule has 0 aliphatic rings. The summed E-state index contributed by atoms with van der Waals surface area (Å²) < 4.78 is 6.62. The highest BCUT2D eigenvalue weighted by Gasteiger charge is 2.26. The molecule has 7 nitrogen and oxygen atoms in total. The van der Waals surface area contributed by atoms with Crippen molar-refractivity contribution in [1.29, 1.82) is 0 Å². The van der Waals surface area contributed by atoms with Gasteiger partial charge in [-0.2, -0.15) is 5.10 Å². The third kappa shape index (κ3) is 2.98. The Morgan fingerprint density at radius 2 is 2.17 bits per heavy atom. The Labute approximate surface area is 106 Å². The van der Waals surface area contributed by atoms with E-state index in [0.717, 1.165) is 0 Å². The first-order valence-electron chi connectivity index (χ1n) is 5.82. The van der Waals surface area contributed by atoms with Crippen molar-refractivity contribution >= 4 is 11.5 Å². The van der Waals surface area contributed by atoms with E-state index in [1.165, 1.54) is 4.68 Å². The average molecular weight is 256 g/mol. The van der Waals surface area contributed by atoms with Crippen molar-refractivity contribution in [1.82, 2.24) is 9.78 Å². The zero-order chi connectivity index (χ0) is 13.9. The SMILES string of the molecule is COCC(Nc1c([N+](=O)[O-])c(C)nn1C)C(C)C. The number of nitrogens with one attached hydrogen (secondary N) is 1. The lowest BCUT2D eigenvalue weighted by Crippen LogP contribution is -2.31. The van der Waals surface area contributed by atoms with Crippen molar-refractivity contribution in [2.24, 2.45) is 13.0 Å². The smallest absolute Gasteiger partial charge is 0.333 e. The largest absolute Gasteiger partial charge is 0.383 e. The van der Waals surface area contributed by atoms with Gasteiger partial charge in [-0.25, -0.2) is 4.68 Å². The molecule has 0 fully saturated rings. The van der Waals surface area contributed by atoms with Gasteiger partial charge in [0.25, 0.3) is 0 Å². The van der Waals surface area contributed by atoms with E-state index in [9.17, 15) is 10.1 Å². The van der Waals surface area contributed by atoms with Gasteiger partial charge in [0, 0.05) is 14.2 Å². The van der Waals surface area contributed by atoms with Crippen molar-refractivity contribution < 1.29 is 9.66 Å². The van der Waals surface area contributed by atoms with Crippen LogP contribution in [0.5, 0.6) is 0 Å². The summed E-state index contributed by atoms with van der Waals surface area (Å²) in [7, 11) is 3.30. The van der Waals surface area contributed by atoms with Gasteiger partial charge >= 0.3 is 5.69 Å². The van der Waals surface area contributed by atoms with E-state index in [1.807, 2.05) is 13.8 Å². The Kier molecular flexibility index (Phi) is 4.66. The van der Waals surface area contributed by atoms with E-state index < -0.39 is 4.92 Å². The van der Waals surface area contributed by atoms with Gasteiger partial charge in [0.2, 0.25) is 5.82 Å². The van der Waals surface area contributed by atoms with Crippen molar-refractivity contribution in [3.8, 4) is 0 Å². The zero-order valence-electron chi connectivity index (χ0n) is 11.4. The summed E-state index contributed by atoms with van der Waals surface area (Å²) in [6.07, 6.45) is 0. The van der Waals surface area contributed by atoms with E-state index in [1.54, 1.807) is 21.1 Å². The van der Waals surface area contributed by atoms with Gasteiger partial charge in [0.1, 0.15) is 5.69 Å². The molecule has 18 heavy (non-hydrogen) atoms. The molecule has 1 N–H and O–H groups in total. The monoisotopic (exact) mass is 256 g/mol. The second-order valence-corrected chi connectivity index (χ2v) is 4.61. The fourth-order valence-corrected chi connectivity index (χ4v) is 1.78. The number of aryl methyl sites for hydroxylation is 2. The third-order valence-corrected chi connectivity index (χ3v) is 2.85. The highest BCUT2D eigenvalue weighted by atomic mass is 16.6. The molecule has 1 aromatic rings. The zero-order valence-corrected chi connectivity index (χ0v) is 11.4. The van der Waals surface area contributed by atoms with Gasteiger partial charge in [-0.3, -0.25) is 10.1 Å². The fourth-order valence-electron chi connectivity index (χ4n) is 1.78. The van der Waals surface area contributed by atoms with Crippen LogP contribution in [0.15, 0.2) is 0 Å². The summed E-state index contributed by atoms with van der Waals surface area (Å²) in [5.74, 6) is 0.716. The molecule has 1 heterocycles. The Hall–Kier alpha value is -1.63. The second-order valence-electron chi connectivity index (χ2n) is 4.61. The van der Waals surface area contributed by atoms with Gasteiger partial charge in [-0.15, -0.1) is 0 Å². The first-order valence-corrected chi connectivity index (χ1v) is 5.82. The summed E-state index contributed by atoms with van der Waals surface area (Å²) >= 11 is 0. The summed E-state index contributed by atoms with van der Waals surface area (Å²) in [6.45, 7) is 6.18. The van der Waals surface area contributed by atoms with Gasteiger partial charge in [-0.1, -0.05) is 13.8 Å². The highest BCUT2D eigenvalue weighted by Crippen LogP contribution is 2.28. The number of methoxy groups -OCH3 is 1. The van der Waals surface area contributed by atoms with Crippen molar-refractivity contribution in [2.75, 3.05) is 19.0 Å². The molecule has 1 rings (SSSR count). The molecule has 1 aromatic heterocycles. The van der Waals surface area contributed by atoms with Crippen LogP contribution in [0.4, 0.5) is 11.5 Å². The number of hydrogen-bond acceptors (Lipinski definition) is 5. The topological polar surface area (TPSA) is 82.2 Å². The minimum absolute atomic E-state index is 0.00324. The molecule has 1 unspecified atom stereocenters. The first kappa shape index (κ1) is 14.4. The molecule has 1 atom stereocenters. The van der Waals surface area contributed by atoms with Crippen molar-refractivity contribution in [3.63, 3.8) is 0 Å². The molecule has 7 heteroatoms. The Balaban J connectivity index is 3.05. The lowest BCUT2D eigenvalue weighted by atomic mass is 10.1. The van der Waals surface area contributed by atoms with Crippen LogP contribution in [0.25, 0.3) is 0 Å². The minimum Gasteiger partial charge on any atom is -0.383 e. The Morgan fingerprint density at radius 1 is 1.56 bits per heavy atom. The molecule has 0 aliphatic carbocycles. The van der Waals surface area contributed by atoms with E-state index in [2.05, 4.69) is 10.4 Å². The molecular weight excluding hydrogens is 236 g/mol. The second kappa shape index (κ2) is 5.81. The first-order chi connectivity index (χ1) is 8.38. The van der Waals surface area contributed by atoms with Crippen molar-refractivity contribution in [2.45, 2.75) is 26.8 Å². The maximum absolute atomic E-state index is 11.0. The Bertz CT molecular complexity index is 428. The van der Waals surface area contributed by atoms with Crippen LogP contribution in [0.1, 0.15) is 19.5 Å². The standard InChI is InChI=1S/C11H20N4O3/c1-7(2)9(6-18-5)12-11-10(15(16)17)8(3)13-14(11)4/h7,9,12H,6H2,1-5H3. The number of nitrogens with zero attached hydrogens (tertiary/aromatic N) is 3. The Morgan fingerprint density at radius 3 is 2.61 bits per heavy atom. The molecule has 0 bridgehead atoms. The maximum Gasteiger partial charge on any atom is 0.333 e. The van der Waals surface area contributed by atoms with Gasteiger partial charge in [0.05, 0.1) is 17.6 Å². The number of aromatic nitrogens is 2. The summed E-state index contributed by atoms with van der Waals surface area (Å²) in [4.78, 5) is 10.6. The molecule has 0 aliphatic heterocycles. The minimum atomic E-state index is -0.408. The molecule has 0 amide bonds. The van der Waals surface area contributed by atoms with Crippen LogP contribution >= 0.6 is 0 Å². The lowest BCUT2D eigenvalue weighted by molar-refractivity contribution is -0.384. The van der Waals surface area contributed by atoms with Gasteiger partial charge < -0.3 is 10.1 Å². The average Bonchev–Trinajstić information content (AvgIpc) is 2.52. The number of anilines is 1. The number of hydrogen-bond donors (Lipinski definition) is 1. The normalized spacial score (nSPS) is 12.8. The van der Waals surface area contributed by atoms with E-state index in [4.69, 9.17) is 4.74 Å². The predicted molar refractivity (Wildman–Crippen MR) is 68.7 cm³/mol. The van der Waals surface area contributed by atoms with E-state index >= 15 is 0 Å². The summed E-state index contributed by atoms with van der Waals surface area (Å²) in [6, 6.07) is 0.00324. The van der Waals surface area contributed by atoms with Crippen LogP contribution in [0.3, 0.4) is 0 Å². The summed E-state index contributed by atoms with van der Waals surface area (Å²) in [5.41, 5.74) is 0.434.